The number of ether oxygens (including phenoxy) is 1. The highest BCUT2D eigenvalue weighted by Gasteiger charge is 2.42. The van der Waals surface area contributed by atoms with Crippen LogP contribution in [0.15, 0.2) is 18.2 Å². The molecule has 0 aromatic heterocycles. The Balaban J connectivity index is 2.09. The Kier molecular flexibility index (Phi) is 2.49. The van der Waals surface area contributed by atoms with Crippen LogP contribution in [0.5, 0.6) is 0 Å². The average molecular weight is 253 g/mol. The summed E-state index contributed by atoms with van der Waals surface area (Å²) in [5.41, 5.74) is 1.24. The van der Waals surface area contributed by atoms with Crippen LogP contribution in [0, 0.1) is 0 Å². The van der Waals surface area contributed by atoms with Gasteiger partial charge in [0, 0.05) is 17.1 Å². The zero-order chi connectivity index (χ0) is 11.9. The van der Waals surface area contributed by atoms with Crippen molar-refractivity contribution in [3.8, 4) is 0 Å². The second-order valence-electron chi connectivity index (χ2n) is 4.48. The van der Waals surface area contributed by atoms with Crippen LogP contribution in [-0.2, 0) is 10.3 Å². The van der Waals surface area contributed by atoms with Crippen LogP contribution in [0.3, 0.4) is 0 Å². The number of carbonyl (C=O) groups is 1. The lowest BCUT2D eigenvalue weighted by atomic mass is 9.84. The van der Waals surface area contributed by atoms with E-state index in [9.17, 15) is 4.79 Å². The molecule has 2 aliphatic rings. The van der Waals surface area contributed by atoms with Crippen molar-refractivity contribution in [1.29, 1.82) is 0 Å². The SMILES string of the molecule is O=C1Nc2cc(Cl)ccc2C2(CCCNC2)O1. The normalized spacial score (nSPS) is 27.2. The Morgan fingerprint density at radius 2 is 2.29 bits per heavy atom. The van der Waals surface area contributed by atoms with Gasteiger partial charge in [0.15, 0.2) is 5.60 Å². The highest BCUT2D eigenvalue weighted by Crippen LogP contribution is 2.41. The zero-order valence-electron chi connectivity index (χ0n) is 9.25. The smallest absolute Gasteiger partial charge is 0.412 e. The number of carbonyl (C=O) groups excluding carboxylic acids is 1. The molecule has 90 valence electrons. The molecule has 1 atom stereocenters. The summed E-state index contributed by atoms with van der Waals surface area (Å²) in [6.07, 6.45) is 1.45. The van der Waals surface area contributed by atoms with Gasteiger partial charge in [-0.15, -0.1) is 0 Å². The lowest BCUT2D eigenvalue weighted by Gasteiger charge is -2.41. The maximum atomic E-state index is 11.6. The summed E-state index contributed by atoms with van der Waals surface area (Å²) < 4.78 is 5.53. The molecule has 1 unspecified atom stereocenters. The second-order valence-corrected chi connectivity index (χ2v) is 4.92. The van der Waals surface area contributed by atoms with E-state index in [1.54, 1.807) is 6.07 Å². The molecule has 0 saturated carbocycles. The molecular formula is C12H13ClN2O2. The van der Waals surface area contributed by atoms with E-state index in [1.165, 1.54) is 0 Å². The van der Waals surface area contributed by atoms with Crippen molar-refractivity contribution in [2.45, 2.75) is 18.4 Å². The third kappa shape index (κ3) is 1.77. The topological polar surface area (TPSA) is 50.4 Å². The van der Waals surface area contributed by atoms with Crippen molar-refractivity contribution in [2.75, 3.05) is 18.4 Å². The van der Waals surface area contributed by atoms with Crippen molar-refractivity contribution in [1.82, 2.24) is 5.32 Å². The molecule has 1 amide bonds. The number of benzene rings is 1. The summed E-state index contributed by atoms with van der Waals surface area (Å²) >= 11 is 5.94. The minimum absolute atomic E-state index is 0.400. The first-order valence-electron chi connectivity index (χ1n) is 5.70. The van der Waals surface area contributed by atoms with Gasteiger partial charge in [0.2, 0.25) is 0 Å². The molecule has 0 bridgehead atoms. The van der Waals surface area contributed by atoms with Gasteiger partial charge in [-0.1, -0.05) is 17.7 Å². The molecule has 2 N–H and O–H groups in total. The van der Waals surface area contributed by atoms with Crippen molar-refractivity contribution in [3.05, 3.63) is 28.8 Å². The third-order valence-electron chi connectivity index (χ3n) is 3.34. The minimum Gasteiger partial charge on any atom is -0.436 e. The second kappa shape index (κ2) is 3.89. The molecule has 3 rings (SSSR count). The van der Waals surface area contributed by atoms with Crippen molar-refractivity contribution >= 4 is 23.4 Å². The molecule has 1 aromatic carbocycles. The fourth-order valence-corrected chi connectivity index (χ4v) is 2.75. The number of anilines is 1. The fourth-order valence-electron chi connectivity index (χ4n) is 2.58. The van der Waals surface area contributed by atoms with E-state index in [4.69, 9.17) is 16.3 Å². The van der Waals surface area contributed by atoms with Crippen LogP contribution in [0.25, 0.3) is 0 Å². The summed E-state index contributed by atoms with van der Waals surface area (Å²) in [4.78, 5) is 11.6. The molecule has 5 heteroatoms. The van der Waals surface area contributed by atoms with Gasteiger partial charge >= 0.3 is 6.09 Å². The molecule has 2 aliphatic heterocycles. The van der Waals surface area contributed by atoms with Crippen molar-refractivity contribution in [2.24, 2.45) is 0 Å². The number of fused-ring (bicyclic) bond motifs is 2. The van der Waals surface area contributed by atoms with E-state index < -0.39 is 11.7 Å². The number of piperidine rings is 1. The van der Waals surface area contributed by atoms with Crippen molar-refractivity contribution in [3.63, 3.8) is 0 Å². The van der Waals surface area contributed by atoms with Gasteiger partial charge in [0.25, 0.3) is 0 Å². The highest BCUT2D eigenvalue weighted by molar-refractivity contribution is 6.31. The van der Waals surface area contributed by atoms with Gasteiger partial charge in [-0.25, -0.2) is 4.79 Å². The Bertz CT molecular complexity index is 470. The number of rotatable bonds is 0. The molecule has 2 heterocycles. The standard InChI is InChI=1S/C12H13ClN2O2/c13-8-2-3-9-10(6-8)15-11(16)17-12(9)4-1-5-14-7-12/h2-3,6,14H,1,4-5,7H2,(H,15,16). The van der Waals surface area contributed by atoms with Crippen molar-refractivity contribution < 1.29 is 9.53 Å². The van der Waals surface area contributed by atoms with Gasteiger partial charge in [-0.2, -0.15) is 0 Å². The first-order valence-corrected chi connectivity index (χ1v) is 6.08. The van der Waals surface area contributed by atoms with Gasteiger partial charge < -0.3 is 10.1 Å². The summed E-state index contributed by atoms with van der Waals surface area (Å²) in [6, 6.07) is 5.54. The molecule has 17 heavy (non-hydrogen) atoms. The predicted molar refractivity (Wildman–Crippen MR) is 65.3 cm³/mol. The Morgan fingerprint density at radius 1 is 1.41 bits per heavy atom. The van der Waals surface area contributed by atoms with Crippen LogP contribution in [0.1, 0.15) is 18.4 Å². The lowest BCUT2D eigenvalue weighted by molar-refractivity contribution is -0.00723. The number of halogens is 1. The Morgan fingerprint density at radius 3 is 3.06 bits per heavy atom. The number of amides is 1. The molecule has 1 aromatic rings. The van der Waals surface area contributed by atoms with Crippen LogP contribution in [-0.4, -0.2) is 19.2 Å². The van der Waals surface area contributed by atoms with Crippen LogP contribution in [0.4, 0.5) is 10.5 Å². The average Bonchev–Trinajstić information content (AvgIpc) is 2.29. The first-order chi connectivity index (χ1) is 8.20. The summed E-state index contributed by atoms with van der Waals surface area (Å²) in [5, 5.41) is 6.60. The number of hydrogen-bond acceptors (Lipinski definition) is 3. The monoisotopic (exact) mass is 252 g/mol. The maximum Gasteiger partial charge on any atom is 0.412 e. The first kappa shape index (κ1) is 10.9. The molecule has 0 radical (unpaired) electrons. The van der Waals surface area contributed by atoms with Crippen LogP contribution >= 0.6 is 11.6 Å². The molecule has 1 spiro atoms. The highest BCUT2D eigenvalue weighted by atomic mass is 35.5. The predicted octanol–water partition coefficient (Wildman–Crippen LogP) is 2.48. The Labute approximate surface area is 104 Å². The van der Waals surface area contributed by atoms with Crippen LogP contribution in [0.2, 0.25) is 5.02 Å². The fraction of sp³-hybridized carbons (Fsp3) is 0.417. The zero-order valence-corrected chi connectivity index (χ0v) is 10.0. The molecular weight excluding hydrogens is 240 g/mol. The van der Waals surface area contributed by atoms with Gasteiger partial charge in [0.05, 0.1) is 5.69 Å². The molecule has 4 nitrogen and oxygen atoms in total. The summed E-state index contributed by atoms with van der Waals surface area (Å²) in [5.74, 6) is 0. The van der Waals surface area contributed by atoms with Crippen LogP contribution < -0.4 is 10.6 Å². The van der Waals surface area contributed by atoms with Gasteiger partial charge in [-0.3, -0.25) is 5.32 Å². The lowest BCUT2D eigenvalue weighted by Crippen LogP contribution is -2.49. The third-order valence-corrected chi connectivity index (χ3v) is 3.58. The molecule has 0 aliphatic carbocycles. The van der Waals surface area contributed by atoms with Gasteiger partial charge in [-0.05, 0) is 31.5 Å². The Hall–Kier alpha value is -1.26. The maximum absolute atomic E-state index is 11.6. The van der Waals surface area contributed by atoms with E-state index in [1.807, 2.05) is 12.1 Å². The van der Waals surface area contributed by atoms with E-state index in [2.05, 4.69) is 10.6 Å². The minimum atomic E-state index is -0.527. The summed E-state index contributed by atoms with van der Waals surface area (Å²) in [6.45, 7) is 1.63. The van der Waals surface area contributed by atoms with E-state index in [0.29, 0.717) is 11.6 Å². The number of nitrogens with one attached hydrogen (secondary N) is 2. The molecule has 1 fully saturated rings. The van der Waals surface area contributed by atoms with E-state index in [-0.39, 0.29) is 0 Å². The quantitative estimate of drug-likeness (QED) is 0.746. The number of hydrogen-bond donors (Lipinski definition) is 2. The summed E-state index contributed by atoms with van der Waals surface area (Å²) in [7, 11) is 0. The van der Waals surface area contributed by atoms with Gasteiger partial charge in [0.1, 0.15) is 0 Å². The van der Waals surface area contributed by atoms with E-state index in [0.717, 1.165) is 30.6 Å². The largest absolute Gasteiger partial charge is 0.436 e. The molecule has 1 saturated heterocycles. The van der Waals surface area contributed by atoms with E-state index >= 15 is 0 Å².